The lowest BCUT2D eigenvalue weighted by Crippen LogP contribution is -2.20. The van der Waals surface area contributed by atoms with E-state index in [2.05, 4.69) is 0 Å². The minimum Gasteiger partial charge on any atom is -0.493 e. The lowest BCUT2D eigenvalue weighted by molar-refractivity contribution is -0.135. The van der Waals surface area contributed by atoms with Gasteiger partial charge in [0, 0.05) is 4.87 Å². The molecule has 0 N–H and O–H groups in total. The summed E-state index contributed by atoms with van der Waals surface area (Å²) in [5.74, 6) is 0.573. The van der Waals surface area contributed by atoms with E-state index in [0.717, 1.165) is 0 Å². The third kappa shape index (κ3) is 4.11. The van der Waals surface area contributed by atoms with Crippen LogP contribution in [0, 0.1) is 0 Å². The van der Waals surface area contributed by atoms with Crippen LogP contribution < -0.4 is 9.47 Å². The monoisotopic (exact) mass is 242 g/mol. The number of halogens is 1. The number of benzene rings is 1. The zero-order chi connectivity index (χ0) is 12.2. The van der Waals surface area contributed by atoms with Crippen molar-refractivity contribution in [3.8, 4) is 11.5 Å². The fraction of sp³-hybridized carbons (Fsp3) is 0.417. The quantitative estimate of drug-likeness (QED) is 0.463. The summed E-state index contributed by atoms with van der Waals surface area (Å²) in [6, 6.07) is 6.99. The molecule has 1 rings (SSSR count). The molecule has 0 aliphatic rings. The maximum absolute atomic E-state index is 11.5. The Labute approximate surface area is 100 Å². The van der Waals surface area contributed by atoms with Gasteiger partial charge in [0.1, 0.15) is 0 Å². The minimum atomic E-state index is -0.598. The summed E-state index contributed by atoms with van der Waals surface area (Å²) in [7, 11) is 1.53. The second kappa shape index (κ2) is 5.21. The number of rotatable bonds is 4. The van der Waals surface area contributed by atoms with Crippen LogP contribution in [-0.2, 0) is 4.79 Å². The molecule has 0 unspecified atom stereocenters. The first-order valence-electron chi connectivity index (χ1n) is 4.95. The molecule has 0 saturated heterocycles. The molecule has 0 spiro atoms. The maximum Gasteiger partial charge on any atom is 0.313 e. The summed E-state index contributed by atoms with van der Waals surface area (Å²) < 4.78 is 10.2. The topological polar surface area (TPSA) is 35.5 Å². The highest BCUT2D eigenvalue weighted by atomic mass is 35.5. The Hall–Kier alpha value is -1.22. The van der Waals surface area contributed by atoms with Crippen molar-refractivity contribution >= 4 is 17.6 Å². The predicted molar refractivity (Wildman–Crippen MR) is 63.2 cm³/mol. The Morgan fingerprint density at radius 1 is 1.31 bits per heavy atom. The number of ether oxygens (including phenoxy) is 2. The first-order valence-corrected chi connectivity index (χ1v) is 5.33. The summed E-state index contributed by atoms with van der Waals surface area (Å²) in [6.45, 7) is 3.52. The second-order valence-corrected chi connectivity index (χ2v) is 5.04. The van der Waals surface area contributed by atoms with Gasteiger partial charge >= 0.3 is 5.97 Å². The predicted octanol–water partition coefficient (Wildman–Crippen LogP) is 3.01. The van der Waals surface area contributed by atoms with Gasteiger partial charge in [0.15, 0.2) is 11.5 Å². The van der Waals surface area contributed by atoms with Gasteiger partial charge in [-0.15, -0.1) is 11.6 Å². The number of methoxy groups -OCH3 is 1. The van der Waals surface area contributed by atoms with Crippen molar-refractivity contribution in [3.05, 3.63) is 24.3 Å². The molecule has 0 fully saturated rings. The largest absolute Gasteiger partial charge is 0.493 e. The fourth-order valence-electron chi connectivity index (χ4n) is 1.21. The molecule has 3 nitrogen and oxygen atoms in total. The smallest absolute Gasteiger partial charge is 0.313 e. The highest BCUT2D eigenvalue weighted by molar-refractivity contribution is 6.24. The average molecular weight is 243 g/mol. The van der Waals surface area contributed by atoms with E-state index in [4.69, 9.17) is 21.1 Å². The average Bonchev–Trinajstić information content (AvgIpc) is 2.15. The molecule has 0 amide bonds. The molecular formula is C12H15ClO3. The van der Waals surface area contributed by atoms with Gasteiger partial charge in [-0.1, -0.05) is 12.1 Å². The Morgan fingerprint density at radius 3 is 2.38 bits per heavy atom. The van der Waals surface area contributed by atoms with E-state index in [1.807, 2.05) is 6.07 Å². The summed E-state index contributed by atoms with van der Waals surface area (Å²) >= 11 is 5.94. The van der Waals surface area contributed by atoms with E-state index in [-0.39, 0.29) is 12.4 Å². The summed E-state index contributed by atoms with van der Waals surface area (Å²) in [5.41, 5.74) is 0. The van der Waals surface area contributed by atoms with Crippen LogP contribution in [0.1, 0.15) is 20.3 Å². The third-order valence-electron chi connectivity index (χ3n) is 1.86. The summed E-state index contributed by atoms with van der Waals surface area (Å²) in [4.78, 5) is 10.9. The molecule has 0 aliphatic carbocycles. The number of para-hydroxylation sites is 2. The van der Waals surface area contributed by atoms with Crippen molar-refractivity contribution in [2.45, 2.75) is 25.1 Å². The van der Waals surface area contributed by atoms with Gasteiger partial charge in [-0.05, 0) is 26.0 Å². The molecule has 0 atom stereocenters. The highest BCUT2D eigenvalue weighted by Gasteiger charge is 2.20. The van der Waals surface area contributed by atoms with Gasteiger partial charge in [-0.25, -0.2) is 0 Å². The number of carbonyl (C=O) groups is 1. The number of carbonyl (C=O) groups excluding carboxylic acids is 1. The van der Waals surface area contributed by atoms with Gasteiger partial charge in [-0.3, -0.25) is 4.79 Å². The van der Waals surface area contributed by atoms with Crippen LogP contribution in [0.2, 0.25) is 0 Å². The molecule has 0 heterocycles. The van der Waals surface area contributed by atoms with Crippen molar-refractivity contribution in [3.63, 3.8) is 0 Å². The van der Waals surface area contributed by atoms with E-state index in [1.165, 1.54) is 7.11 Å². The molecule has 0 aromatic heterocycles. The highest BCUT2D eigenvalue weighted by Crippen LogP contribution is 2.27. The molecule has 0 aliphatic heterocycles. The number of esters is 1. The van der Waals surface area contributed by atoms with Gasteiger partial charge in [0.2, 0.25) is 0 Å². The van der Waals surface area contributed by atoms with Gasteiger partial charge in [-0.2, -0.15) is 0 Å². The van der Waals surface area contributed by atoms with Crippen molar-refractivity contribution in [2.24, 2.45) is 0 Å². The number of hydrogen-bond donors (Lipinski definition) is 0. The van der Waals surface area contributed by atoms with Crippen LogP contribution in [-0.4, -0.2) is 18.0 Å². The van der Waals surface area contributed by atoms with E-state index >= 15 is 0 Å². The van der Waals surface area contributed by atoms with Crippen LogP contribution >= 0.6 is 11.6 Å². The van der Waals surface area contributed by atoms with Crippen LogP contribution in [0.4, 0.5) is 0 Å². The molecule has 1 aromatic carbocycles. The maximum atomic E-state index is 11.5. The Balaban J connectivity index is 2.70. The van der Waals surface area contributed by atoms with Crippen molar-refractivity contribution < 1.29 is 14.3 Å². The SMILES string of the molecule is COc1ccccc1OC(=O)CC(C)(C)Cl. The molecule has 4 heteroatoms. The first kappa shape index (κ1) is 12.8. The lowest BCUT2D eigenvalue weighted by atomic mass is 10.1. The summed E-state index contributed by atoms with van der Waals surface area (Å²) in [5, 5.41) is 0. The van der Waals surface area contributed by atoms with E-state index in [0.29, 0.717) is 11.5 Å². The van der Waals surface area contributed by atoms with E-state index in [9.17, 15) is 4.79 Å². The van der Waals surface area contributed by atoms with Gasteiger partial charge in [0.05, 0.1) is 13.5 Å². The van der Waals surface area contributed by atoms with Crippen molar-refractivity contribution in [2.75, 3.05) is 7.11 Å². The Kier molecular flexibility index (Phi) is 4.19. The molecular weight excluding hydrogens is 228 g/mol. The Morgan fingerprint density at radius 2 is 1.88 bits per heavy atom. The molecule has 88 valence electrons. The number of hydrogen-bond acceptors (Lipinski definition) is 3. The zero-order valence-electron chi connectivity index (χ0n) is 9.62. The van der Waals surface area contributed by atoms with Gasteiger partial charge < -0.3 is 9.47 Å². The molecule has 1 aromatic rings. The minimum absolute atomic E-state index is 0.145. The normalized spacial score (nSPS) is 11.0. The first-order chi connectivity index (χ1) is 7.42. The molecule has 0 saturated carbocycles. The standard InChI is InChI=1S/C12H15ClO3/c1-12(2,13)8-11(14)16-10-7-5-4-6-9(10)15-3/h4-7H,8H2,1-3H3. The second-order valence-electron chi connectivity index (χ2n) is 4.02. The van der Waals surface area contributed by atoms with Crippen molar-refractivity contribution in [1.82, 2.24) is 0 Å². The molecule has 16 heavy (non-hydrogen) atoms. The zero-order valence-corrected chi connectivity index (χ0v) is 10.4. The number of alkyl halides is 1. The van der Waals surface area contributed by atoms with Gasteiger partial charge in [0.25, 0.3) is 0 Å². The van der Waals surface area contributed by atoms with Crippen LogP contribution in [0.3, 0.4) is 0 Å². The van der Waals surface area contributed by atoms with E-state index in [1.54, 1.807) is 32.0 Å². The Bertz CT molecular complexity index is 369. The van der Waals surface area contributed by atoms with Crippen LogP contribution in [0.25, 0.3) is 0 Å². The van der Waals surface area contributed by atoms with Crippen LogP contribution in [0.15, 0.2) is 24.3 Å². The summed E-state index contributed by atoms with van der Waals surface area (Å²) in [6.07, 6.45) is 0.145. The molecule has 0 bridgehead atoms. The fourth-order valence-corrected chi connectivity index (χ4v) is 1.31. The van der Waals surface area contributed by atoms with Crippen molar-refractivity contribution in [1.29, 1.82) is 0 Å². The van der Waals surface area contributed by atoms with Crippen LogP contribution in [0.5, 0.6) is 11.5 Å². The lowest BCUT2D eigenvalue weighted by Gasteiger charge is -2.15. The third-order valence-corrected chi connectivity index (χ3v) is 1.99. The molecule has 0 radical (unpaired) electrons. The van der Waals surface area contributed by atoms with E-state index < -0.39 is 4.87 Å².